The highest BCUT2D eigenvalue weighted by Crippen LogP contribution is 2.23. The molecule has 98 valence electrons. The van der Waals surface area contributed by atoms with E-state index in [1.807, 2.05) is 24.3 Å². The molecular weight excluding hydrogens is 311 g/mol. The number of ketones is 1. The van der Waals surface area contributed by atoms with Crippen LogP contribution in [0.4, 0.5) is 4.39 Å². The smallest absolute Gasteiger partial charge is 0.166 e. The number of hydrogen-bond acceptors (Lipinski definition) is 2. The SMILES string of the molecule is O=C(CCOc1ccccc1Br)c1ccc(F)cc1. The molecule has 0 unspecified atom stereocenters. The van der Waals surface area contributed by atoms with Crippen LogP contribution in [0.3, 0.4) is 0 Å². The van der Waals surface area contributed by atoms with Gasteiger partial charge in [0, 0.05) is 12.0 Å². The van der Waals surface area contributed by atoms with Gasteiger partial charge >= 0.3 is 0 Å². The molecular formula is C15H12BrFO2. The molecule has 0 aromatic heterocycles. The molecule has 0 bridgehead atoms. The topological polar surface area (TPSA) is 26.3 Å². The van der Waals surface area contributed by atoms with Gasteiger partial charge in [-0.2, -0.15) is 0 Å². The van der Waals surface area contributed by atoms with Crippen LogP contribution in [0.5, 0.6) is 5.75 Å². The Morgan fingerprint density at radius 1 is 1.11 bits per heavy atom. The minimum atomic E-state index is -0.346. The Morgan fingerprint density at radius 3 is 2.47 bits per heavy atom. The first-order valence-corrected chi connectivity index (χ1v) is 6.62. The maximum Gasteiger partial charge on any atom is 0.166 e. The fourth-order valence-corrected chi connectivity index (χ4v) is 1.99. The number of halogens is 2. The second-order valence-corrected chi connectivity index (χ2v) is 4.81. The molecule has 0 spiro atoms. The van der Waals surface area contributed by atoms with Crippen molar-refractivity contribution in [2.45, 2.75) is 6.42 Å². The lowest BCUT2D eigenvalue weighted by atomic mass is 10.1. The highest BCUT2D eigenvalue weighted by Gasteiger charge is 2.07. The molecule has 0 aliphatic carbocycles. The third-order valence-electron chi connectivity index (χ3n) is 2.59. The van der Waals surface area contributed by atoms with Crippen LogP contribution < -0.4 is 4.74 Å². The Hall–Kier alpha value is -1.68. The summed E-state index contributed by atoms with van der Waals surface area (Å²) < 4.78 is 19.1. The molecule has 19 heavy (non-hydrogen) atoms. The predicted octanol–water partition coefficient (Wildman–Crippen LogP) is 4.24. The first kappa shape index (κ1) is 13.7. The zero-order valence-electron chi connectivity index (χ0n) is 10.1. The van der Waals surface area contributed by atoms with Crippen LogP contribution in [0.15, 0.2) is 53.0 Å². The van der Waals surface area contributed by atoms with Gasteiger partial charge < -0.3 is 4.74 Å². The molecule has 0 N–H and O–H groups in total. The lowest BCUT2D eigenvalue weighted by Gasteiger charge is -2.07. The Morgan fingerprint density at radius 2 is 1.79 bits per heavy atom. The van der Waals surface area contributed by atoms with Gasteiger partial charge in [-0.05, 0) is 52.3 Å². The van der Waals surface area contributed by atoms with Crippen molar-refractivity contribution >= 4 is 21.7 Å². The summed E-state index contributed by atoms with van der Waals surface area (Å²) in [6.07, 6.45) is 0.257. The number of benzene rings is 2. The van der Waals surface area contributed by atoms with E-state index in [9.17, 15) is 9.18 Å². The highest BCUT2D eigenvalue weighted by molar-refractivity contribution is 9.10. The minimum Gasteiger partial charge on any atom is -0.492 e. The molecule has 0 amide bonds. The summed E-state index contributed by atoms with van der Waals surface area (Å²) in [7, 11) is 0. The van der Waals surface area contributed by atoms with Gasteiger partial charge in [0.2, 0.25) is 0 Å². The van der Waals surface area contributed by atoms with Crippen molar-refractivity contribution in [3.05, 3.63) is 64.4 Å². The van der Waals surface area contributed by atoms with Gasteiger partial charge in [0.1, 0.15) is 11.6 Å². The van der Waals surface area contributed by atoms with Crippen LogP contribution >= 0.6 is 15.9 Å². The average molecular weight is 323 g/mol. The second kappa shape index (κ2) is 6.48. The summed E-state index contributed by atoms with van der Waals surface area (Å²) in [5, 5.41) is 0. The van der Waals surface area contributed by atoms with Crippen molar-refractivity contribution in [3.63, 3.8) is 0 Å². The number of Topliss-reactive ketones (excluding diaryl/α,β-unsaturated/α-hetero) is 1. The molecule has 4 heteroatoms. The fourth-order valence-electron chi connectivity index (χ4n) is 1.60. The van der Waals surface area contributed by atoms with Crippen molar-refractivity contribution in [2.75, 3.05) is 6.61 Å². The lowest BCUT2D eigenvalue weighted by molar-refractivity contribution is 0.0962. The van der Waals surface area contributed by atoms with E-state index in [0.717, 1.165) is 4.47 Å². The van der Waals surface area contributed by atoms with Gasteiger partial charge in [0.25, 0.3) is 0 Å². The average Bonchev–Trinajstić information content (AvgIpc) is 2.41. The van der Waals surface area contributed by atoms with E-state index < -0.39 is 0 Å². The summed E-state index contributed by atoms with van der Waals surface area (Å²) in [5.74, 6) is 0.294. The van der Waals surface area contributed by atoms with Gasteiger partial charge in [0.05, 0.1) is 11.1 Å². The predicted molar refractivity (Wildman–Crippen MR) is 75.0 cm³/mol. The van der Waals surface area contributed by atoms with Crippen LogP contribution in [0, 0.1) is 5.82 Å². The van der Waals surface area contributed by atoms with Gasteiger partial charge in [0.15, 0.2) is 5.78 Å². The number of ether oxygens (including phenoxy) is 1. The Bertz CT molecular complexity index is 567. The van der Waals surface area contributed by atoms with Crippen LogP contribution in [0.2, 0.25) is 0 Å². The molecule has 0 aliphatic rings. The Labute approximate surface area is 119 Å². The molecule has 0 heterocycles. The normalized spacial score (nSPS) is 10.2. The first-order valence-electron chi connectivity index (χ1n) is 5.83. The summed E-state index contributed by atoms with van der Waals surface area (Å²) in [6, 6.07) is 13.0. The molecule has 0 radical (unpaired) electrons. The van der Waals surface area contributed by atoms with Crippen molar-refractivity contribution < 1.29 is 13.9 Å². The zero-order valence-corrected chi connectivity index (χ0v) is 11.7. The number of hydrogen-bond donors (Lipinski definition) is 0. The van der Waals surface area contributed by atoms with E-state index >= 15 is 0 Å². The molecule has 0 saturated carbocycles. The Balaban J connectivity index is 1.88. The van der Waals surface area contributed by atoms with Crippen molar-refractivity contribution in [2.24, 2.45) is 0 Å². The van der Waals surface area contributed by atoms with Gasteiger partial charge in [-0.1, -0.05) is 12.1 Å². The molecule has 0 atom stereocenters. The summed E-state index contributed by atoms with van der Waals surface area (Å²) in [4.78, 5) is 11.8. The third-order valence-corrected chi connectivity index (χ3v) is 3.24. The molecule has 2 aromatic carbocycles. The van der Waals surface area contributed by atoms with Gasteiger partial charge in [-0.3, -0.25) is 4.79 Å². The lowest BCUT2D eigenvalue weighted by Crippen LogP contribution is -2.07. The maximum atomic E-state index is 12.7. The second-order valence-electron chi connectivity index (χ2n) is 3.96. The highest BCUT2D eigenvalue weighted by atomic mass is 79.9. The number of carbonyl (C=O) groups excluding carboxylic acids is 1. The molecule has 0 aliphatic heterocycles. The standard InChI is InChI=1S/C15H12BrFO2/c16-13-3-1-2-4-15(13)19-10-9-14(18)11-5-7-12(17)8-6-11/h1-8H,9-10H2. The first-order chi connectivity index (χ1) is 9.16. The monoisotopic (exact) mass is 322 g/mol. The minimum absolute atomic E-state index is 0.0629. The number of para-hydroxylation sites is 1. The van der Waals surface area contributed by atoms with Crippen molar-refractivity contribution in [1.82, 2.24) is 0 Å². The van der Waals surface area contributed by atoms with Crippen LogP contribution in [-0.2, 0) is 0 Å². The Kier molecular flexibility index (Phi) is 4.68. The van der Waals surface area contributed by atoms with Crippen LogP contribution in [0.1, 0.15) is 16.8 Å². The quantitative estimate of drug-likeness (QED) is 0.769. The van der Waals surface area contributed by atoms with E-state index in [4.69, 9.17) is 4.74 Å². The molecule has 0 saturated heterocycles. The van der Waals surface area contributed by atoms with Crippen molar-refractivity contribution in [3.8, 4) is 5.75 Å². The molecule has 2 nitrogen and oxygen atoms in total. The van der Waals surface area contributed by atoms with Gasteiger partial charge in [-0.25, -0.2) is 4.39 Å². The summed E-state index contributed by atoms with van der Waals surface area (Å²) in [6.45, 7) is 0.290. The van der Waals surface area contributed by atoms with Crippen molar-refractivity contribution in [1.29, 1.82) is 0 Å². The van der Waals surface area contributed by atoms with Crippen LogP contribution in [-0.4, -0.2) is 12.4 Å². The van der Waals surface area contributed by atoms with E-state index in [2.05, 4.69) is 15.9 Å². The zero-order chi connectivity index (χ0) is 13.7. The third kappa shape index (κ3) is 3.89. The summed E-state index contributed by atoms with van der Waals surface area (Å²) >= 11 is 3.36. The van der Waals surface area contributed by atoms with E-state index in [1.165, 1.54) is 24.3 Å². The van der Waals surface area contributed by atoms with Crippen LogP contribution in [0.25, 0.3) is 0 Å². The van der Waals surface area contributed by atoms with E-state index in [-0.39, 0.29) is 18.0 Å². The number of carbonyl (C=O) groups is 1. The molecule has 0 fully saturated rings. The number of rotatable bonds is 5. The van der Waals surface area contributed by atoms with E-state index in [0.29, 0.717) is 17.9 Å². The molecule has 2 rings (SSSR count). The molecule has 2 aromatic rings. The van der Waals surface area contributed by atoms with E-state index in [1.54, 1.807) is 0 Å². The maximum absolute atomic E-state index is 12.7. The fraction of sp³-hybridized carbons (Fsp3) is 0.133. The van der Waals surface area contributed by atoms with Gasteiger partial charge in [-0.15, -0.1) is 0 Å². The summed E-state index contributed by atoms with van der Waals surface area (Å²) in [5.41, 5.74) is 0.497. The largest absolute Gasteiger partial charge is 0.492 e.